The summed E-state index contributed by atoms with van der Waals surface area (Å²) in [5, 5.41) is 10.2. The van der Waals surface area contributed by atoms with Gasteiger partial charge in [0.2, 0.25) is 0 Å². The zero-order valence-electron chi connectivity index (χ0n) is 15.0. The highest BCUT2D eigenvalue weighted by Crippen LogP contribution is 2.16. The van der Waals surface area contributed by atoms with Crippen LogP contribution in [-0.4, -0.2) is 46.9 Å². The zero-order chi connectivity index (χ0) is 17.5. The minimum absolute atomic E-state index is 0.187. The van der Waals surface area contributed by atoms with Gasteiger partial charge in [0, 0.05) is 24.5 Å². The van der Waals surface area contributed by atoms with E-state index in [0.717, 1.165) is 42.4 Å². The number of nitrogens with one attached hydrogen (secondary N) is 2. The number of carbonyl (C=O) groups is 1. The maximum Gasteiger partial charge on any atom is 0.319 e. The van der Waals surface area contributed by atoms with Crippen LogP contribution in [0.15, 0.2) is 30.3 Å². The van der Waals surface area contributed by atoms with Crippen molar-refractivity contribution < 1.29 is 4.79 Å². The molecule has 0 atom stereocenters. The van der Waals surface area contributed by atoms with Crippen molar-refractivity contribution in [2.75, 3.05) is 31.5 Å². The monoisotopic (exact) mass is 329 g/mol. The molecule has 0 spiro atoms. The van der Waals surface area contributed by atoms with Crippen LogP contribution in [-0.2, 0) is 0 Å². The van der Waals surface area contributed by atoms with Crippen LogP contribution >= 0.6 is 0 Å². The van der Waals surface area contributed by atoms with Crippen LogP contribution in [0, 0.1) is 13.8 Å². The normalized spacial score (nSPS) is 10.9. The van der Waals surface area contributed by atoms with Crippen LogP contribution < -0.4 is 10.6 Å². The van der Waals surface area contributed by atoms with E-state index in [2.05, 4.69) is 34.5 Å². The fraction of sp³-hybridized carbons (Fsp3) is 0.444. The minimum Gasteiger partial charge on any atom is -0.337 e. The Morgan fingerprint density at radius 1 is 1.21 bits per heavy atom. The summed E-state index contributed by atoms with van der Waals surface area (Å²) in [4.78, 5) is 14.3. The number of likely N-dealkylation sites (N-methyl/N-ethyl adjacent to an activating group) is 1. The van der Waals surface area contributed by atoms with Crippen molar-refractivity contribution >= 4 is 11.7 Å². The Bertz CT molecular complexity index is 676. The van der Waals surface area contributed by atoms with Gasteiger partial charge in [-0.1, -0.05) is 19.9 Å². The molecule has 6 nitrogen and oxygen atoms in total. The number of aromatic nitrogens is 2. The van der Waals surface area contributed by atoms with Crippen molar-refractivity contribution in [3.63, 3.8) is 0 Å². The molecule has 0 saturated heterocycles. The maximum atomic E-state index is 12.0. The molecule has 2 amide bonds. The SMILES string of the molecule is CCN(CC)CCNC(=O)Nc1cccc(-n2nc(C)cc2C)c1. The van der Waals surface area contributed by atoms with E-state index in [4.69, 9.17) is 0 Å². The van der Waals surface area contributed by atoms with Crippen molar-refractivity contribution in [3.8, 4) is 5.69 Å². The van der Waals surface area contributed by atoms with Gasteiger partial charge in [0.25, 0.3) is 0 Å². The summed E-state index contributed by atoms with van der Waals surface area (Å²) < 4.78 is 1.87. The molecule has 0 aliphatic heterocycles. The van der Waals surface area contributed by atoms with Crippen molar-refractivity contribution in [1.29, 1.82) is 0 Å². The van der Waals surface area contributed by atoms with E-state index >= 15 is 0 Å². The number of rotatable bonds is 7. The van der Waals surface area contributed by atoms with E-state index in [9.17, 15) is 4.79 Å². The van der Waals surface area contributed by atoms with E-state index < -0.39 is 0 Å². The molecule has 24 heavy (non-hydrogen) atoms. The third kappa shape index (κ3) is 4.83. The predicted octanol–water partition coefficient (Wildman–Crippen LogP) is 2.95. The quantitative estimate of drug-likeness (QED) is 0.821. The molecule has 2 aromatic rings. The maximum absolute atomic E-state index is 12.0. The zero-order valence-corrected chi connectivity index (χ0v) is 15.0. The molecule has 1 aromatic heterocycles. The third-order valence-corrected chi connectivity index (χ3v) is 3.97. The topological polar surface area (TPSA) is 62.2 Å². The van der Waals surface area contributed by atoms with Crippen LogP contribution in [0.3, 0.4) is 0 Å². The van der Waals surface area contributed by atoms with Crippen LogP contribution in [0.25, 0.3) is 5.69 Å². The molecule has 1 heterocycles. The Morgan fingerprint density at radius 2 is 1.96 bits per heavy atom. The lowest BCUT2D eigenvalue weighted by atomic mass is 10.2. The molecule has 1 aromatic carbocycles. The minimum atomic E-state index is -0.187. The number of urea groups is 1. The first-order chi connectivity index (χ1) is 11.5. The molecule has 2 rings (SSSR count). The number of aryl methyl sites for hydroxylation is 2. The number of anilines is 1. The number of hydrogen-bond acceptors (Lipinski definition) is 3. The number of benzene rings is 1. The van der Waals surface area contributed by atoms with Gasteiger partial charge in [-0.15, -0.1) is 0 Å². The van der Waals surface area contributed by atoms with E-state index in [1.165, 1.54) is 0 Å². The lowest BCUT2D eigenvalue weighted by Gasteiger charge is -2.18. The van der Waals surface area contributed by atoms with Gasteiger partial charge in [0.1, 0.15) is 0 Å². The molecule has 0 bridgehead atoms. The largest absolute Gasteiger partial charge is 0.337 e. The summed E-state index contributed by atoms with van der Waals surface area (Å²) in [5.41, 5.74) is 3.72. The first-order valence-electron chi connectivity index (χ1n) is 8.44. The van der Waals surface area contributed by atoms with Gasteiger partial charge in [-0.25, -0.2) is 9.48 Å². The van der Waals surface area contributed by atoms with Crippen LogP contribution in [0.4, 0.5) is 10.5 Å². The number of amides is 2. The fourth-order valence-corrected chi connectivity index (χ4v) is 2.65. The average molecular weight is 329 g/mol. The summed E-state index contributed by atoms with van der Waals surface area (Å²) in [6, 6.07) is 9.52. The molecule has 0 unspecified atom stereocenters. The molecule has 130 valence electrons. The first-order valence-corrected chi connectivity index (χ1v) is 8.44. The second-order valence-corrected chi connectivity index (χ2v) is 5.80. The summed E-state index contributed by atoms with van der Waals surface area (Å²) >= 11 is 0. The number of nitrogens with zero attached hydrogens (tertiary/aromatic N) is 3. The Labute approximate surface area is 143 Å². The number of hydrogen-bond donors (Lipinski definition) is 2. The Balaban J connectivity index is 1.94. The highest BCUT2D eigenvalue weighted by Gasteiger charge is 2.07. The summed E-state index contributed by atoms with van der Waals surface area (Å²) in [5.74, 6) is 0. The highest BCUT2D eigenvalue weighted by atomic mass is 16.2. The van der Waals surface area contributed by atoms with Crippen LogP contribution in [0.2, 0.25) is 0 Å². The third-order valence-electron chi connectivity index (χ3n) is 3.97. The molecular formula is C18H27N5O. The molecule has 2 N–H and O–H groups in total. The van der Waals surface area contributed by atoms with Gasteiger partial charge in [0.15, 0.2) is 0 Å². The second kappa shape index (κ2) is 8.49. The molecule has 0 fully saturated rings. The smallest absolute Gasteiger partial charge is 0.319 e. The van der Waals surface area contributed by atoms with Gasteiger partial charge < -0.3 is 15.5 Å². The molecule has 0 saturated carbocycles. The lowest BCUT2D eigenvalue weighted by Crippen LogP contribution is -2.36. The van der Waals surface area contributed by atoms with E-state index in [1.54, 1.807) is 0 Å². The first kappa shape index (κ1) is 18.0. The molecule has 0 aliphatic carbocycles. The summed E-state index contributed by atoms with van der Waals surface area (Å²) in [6.07, 6.45) is 0. The summed E-state index contributed by atoms with van der Waals surface area (Å²) in [7, 11) is 0. The van der Waals surface area contributed by atoms with Gasteiger partial charge in [-0.3, -0.25) is 0 Å². The van der Waals surface area contributed by atoms with E-state index in [-0.39, 0.29) is 6.03 Å². The van der Waals surface area contributed by atoms with Crippen LogP contribution in [0.1, 0.15) is 25.2 Å². The van der Waals surface area contributed by atoms with Gasteiger partial charge in [-0.2, -0.15) is 5.10 Å². The lowest BCUT2D eigenvalue weighted by molar-refractivity contribution is 0.248. The Hall–Kier alpha value is -2.34. The van der Waals surface area contributed by atoms with Crippen molar-refractivity contribution in [2.24, 2.45) is 0 Å². The van der Waals surface area contributed by atoms with Crippen molar-refractivity contribution in [3.05, 3.63) is 41.7 Å². The molecular weight excluding hydrogens is 302 g/mol. The Morgan fingerprint density at radius 3 is 2.58 bits per heavy atom. The van der Waals surface area contributed by atoms with Crippen molar-refractivity contribution in [1.82, 2.24) is 20.0 Å². The summed E-state index contributed by atoms with van der Waals surface area (Å²) in [6.45, 7) is 11.7. The van der Waals surface area contributed by atoms with Crippen LogP contribution in [0.5, 0.6) is 0 Å². The second-order valence-electron chi connectivity index (χ2n) is 5.80. The van der Waals surface area contributed by atoms with E-state index in [0.29, 0.717) is 6.54 Å². The molecule has 0 radical (unpaired) electrons. The molecule has 6 heteroatoms. The number of carbonyl (C=O) groups excluding carboxylic acids is 1. The predicted molar refractivity (Wildman–Crippen MR) is 97.8 cm³/mol. The average Bonchev–Trinajstić information content (AvgIpc) is 2.90. The van der Waals surface area contributed by atoms with Crippen molar-refractivity contribution in [2.45, 2.75) is 27.7 Å². The van der Waals surface area contributed by atoms with Gasteiger partial charge in [-0.05, 0) is 51.2 Å². The highest BCUT2D eigenvalue weighted by molar-refractivity contribution is 5.89. The Kier molecular flexibility index (Phi) is 6.37. The van der Waals surface area contributed by atoms with Gasteiger partial charge >= 0.3 is 6.03 Å². The molecule has 0 aliphatic rings. The van der Waals surface area contributed by atoms with E-state index in [1.807, 2.05) is 48.9 Å². The standard InChI is InChI=1S/C18H27N5O/c1-5-22(6-2)11-10-19-18(24)20-16-8-7-9-17(13-16)23-15(4)12-14(3)21-23/h7-9,12-13H,5-6,10-11H2,1-4H3,(H2,19,20,24). The van der Waals surface area contributed by atoms with Gasteiger partial charge in [0.05, 0.1) is 11.4 Å². The fourth-order valence-electron chi connectivity index (χ4n) is 2.65.